The fourth-order valence-electron chi connectivity index (χ4n) is 3.80. The molecule has 0 radical (unpaired) electrons. The summed E-state index contributed by atoms with van der Waals surface area (Å²) in [6.07, 6.45) is 5.08. The summed E-state index contributed by atoms with van der Waals surface area (Å²) in [7, 11) is 2.19. The predicted octanol–water partition coefficient (Wildman–Crippen LogP) is 0.789. The lowest BCUT2D eigenvalue weighted by molar-refractivity contribution is -0.127. The number of primary amides is 1. The number of nitrogens with two attached hydrogens (primary N) is 1. The molecule has 0 aromatic heterocycles. The molecular formula is C16H32N4O. The van der Waals surface area contributed by atoms with E-state index in [2.05, 4.69) is 36.0 Å². The Hall–Kier alpha value is -0.650. The molecule has 0 spiro atoms. The smallest absolute Gasteiger partial charge is 0.237 e. The highest BCUT2D eigenvalue weighted by molar-refractivity contribution is 5.84. The second-order valence-electron chi connectivity index (χ2n) is 6.95. The summed E-state index contributed by atoms with van der Waals surface area (Å²) >= 11 is 0. The van der Waals surface area contributed by atoms with E-state index in [4.69, 9.17) is 5.73 Å². The van der Waals surface area contributed by atoms with Crippen LogP contribution in [0.15, 0.2) is 0 Å². The largest absolute Gasteiger partial charge is 0.368 e. The van der Waals surface area contributed by atoms with Crippen LogP contribution in [0.25, 0.3) is 0 Å². The number of hydrogen-bond acceptors (Lipinski definition) is 4. The molecule has 0 aromatic carbocycles. The van der Waals surface area contributed by atoms with Crippen LogP contribution in [0.3, 0.4) is 0 Å². The number of nitrogens with zero attached hydrogens (tertiary/aromatic N) is 2. The molecule has 5 nitrogen and oxygen atoms in total. The summed E-state index contributed by atoms with van der Waals surface area (Å²) in [5.74, 6) is -0.164. The number of carbonyl (C=O) groups excluding carboxylic acids is 1. The molecule has 3 unspecified atom stereocenters. The first-order valence-electron chi connectivity index (χ1n) is 8.47. The van der Waals surface area contributed by atoms with E-state index in [1.807, 2.05) is 0 Å². The molecular weight excluding hydrogens is 264 g/mol. The number of hydrogen-bond donors (Lipinski definition) is 2. The first-order chi connectivity index (χ1) is 9.98. The molecule has 122 valence electrons. The topological polar surface area (TPSA) is 61.6 Å². The van der Waals surface area contributed by atoms with Gasteiger partial charge in [0, 0.05) is 31.7 Å². The van der Waals surface area contributed by atoms with Gasteiger partial charge in [-0.05, 0) is 52.6 Å². The summed E-state index contributed by atoms with van der Waals surface area (Å²) in [5.41, 5.74) is 5.28. The number of amides is 1. The zero-order valence-corrected chi connectivity index (χ0v) is 13.9. The second kappa shape index (κ2) is 7.07. The molecule has 3 N–H and O–H groups in total. The van der Waals surface area contributed by atoms with Gasteiger partial charge in [0.15, 0.2) is 0 Å². The van der Waals surface area contributed by atoms with Gasteiger partial charge in [-0.15, -0.1) is 0 Å². The minimum absolute atomic E-state index is 0.164. The number of carbonyl (C=O) groups is 1. The van der Waals surface area contributed by atoms with Crippen molar-refractivity contribution in [2.45, 2.75) is 63.6 Å². The molecule has 1 aliphatic heterocycles. The average Bonchev–Trinajstić information content (AvgIpc) is 2.48. The van der Waals surface area contributed by atoms with Crippen LogP contribution in [0.1, 0.15) is 46.0 Å². The quantitative estimate of drug-likeness (QED) is 0.787. The van der Waals surface area contributed by atoms with Crippen LogP contribution in [-0.2, 0) is 4.79 Å². The summed E-state index contributed by atoms with van der Waals surface area (Å²) in [5, 5.41) is 3.46. The van der Waals surface area contributed by atoms with Crippen LogP contribution in [0.4, 0.5) is 0 Å². The third-order valence-electron chi connectivity index (χ3n) is 5.42. The SMILES string of the molecule is CCCNC1(C(N)=O)CCCC(N2CCN(C)C(C)C2)C1. The fourth-order valence-corrected chi connectivity index (χ4v) is 3.80. The van der Waals surface area contributed by atoms with Crippen LogP contribution < -0.4 is 11.1 Å². The van der Waals surface area contributed by atoms with Gasteiger partial charge in [0.1, 0.15) is 0 Å². The van der Waals surface area contributed by atoms with Crippen molar-refractivity contribution in [3.8, 4) is 0 Å². The van der Waals surface area contributed by atoms with Crippen molar-refractivity contribution in [3.05, 3.63) is 0 Å². The van der Waals surface area contributed by atoms with Gasteiger partial charge < -0.3 is 16.0 Å². The standard InChI is InChI=1S/C16H32N4O/c1-4-8-18-16(15(17)21)7-5-6-14(11-16)20-10-9-19(3)13(2)12-20/h13-14,18H,4-12H2,1-3H3,(H2,17,21). The lowest BCUT2D eigenvalue weighted by atomic mass is 9.77. The number of likely N-dealkylation sites (N-methyl/N-ethyl adjacent to an activating group) is 1. The molecule has 1 saturated carbocycles. The van der Waals surface area contributed by atoms with Gasteiger partial charge in [-0.25, -0.2) is 0 Å². The Morgan fingerprint density at radius 2 is 2.19 bits per heavy atom. The van der Waals surface area contributed by atoms with E-state index in [1.165, 1.54) is 6.42 Å². The van der Waals surface area contributed by atoms with Gasteiger partial charge in [0.2, 0.25) is 5.91 Å². The lowest BCUT2D eigenvalue weighted by Gasteiger charge is -2.47. The minimum Gasteiger partial charge on any atom is -0.368 e. The molecule has 2 fully saturated rings. The molecule has 1 saturated heterocycles. The van der Waals surface area contributed by atoms with Crippen molar-refractivity contribution >= 4 is 5.91 Å². The van der Waals surface area contributed by atoms with Crippen LogP contribution in [0.2, 0.25) is 0 Å². The number of piperazine rings is 1. The molecule has 2 rings (SSSR count). The van der Waals surface area contributed by atoms with Gasteiger partial charge in [0.05, 0.1) is 5.54 Å². The van der Waals surface area contributed by atoms with Crippen molar-refractivity contribution < 1.29 is 4.79 Å². The molecule has 0 aromatic rings. The van der Waals surface area contributed by atoms with Crippen molar-refractivity contribution in [2.24, 2.45) is 5.73 Å². The van der Waals surface area contributed by atoms with Gasteiger partial charge >= 0.3 is 0 Å². The maximum atomic E-state index is 12.1. The summed E-state index contributed by atoms with van der Waals surface area (Å²) in [4.78, 5) is 17.1. The molecule has 21 heavy (non-hydrogen) atoms. The third-order valence-corrected chi connectivity index (χ3v) is 5.42. The monoisotopic (exact) mass is 296 g/mol. The molecule has 1 aliphatic carbocycles. The summed E-state index contributed by atoms with van der Waals surface area (Å²) < 4.78 is 0. The Bertz CT molecular complexity index is 362. The molecule has 3 atom stereocenters. The lowest BCUT2D eigenvalue weighted by Crippen LogP contribution is -2.62. The Balaban J connectivity index is 2.03. The van der Waals surface area contributed by atoms with Gasteiger partial charge in [0.25, 0.3) is 0 Å². The van der Waals surface area contributed by atoms with E-state index in [9.17, 15) is 4.79 Å². The van der Waals surface area contributed by atoms with E-state index in [0.717, 1.165) is 51.9 Å². The normalized spacial score (nSPS) is 35.8. The maximum Gasteiger partial charge on any atom is 0.237 e. The highest BCUT2D eigenvalue weighted by Crippen LogP contribution is 2.32. The highest BCUT2D eigenvalue weighted by Gasteiger charge is 2.43. The zero-order chi connectivity index (χ0) is 15.5. The Labute approximate surface area is 129 Å². The maximum absolute atomic E-state index is 12.1. The number of rotatable bonds is 5. The van der Waals surface area contributed by atoms with Crippen molar-refractivity contribution in [1.29, 1.82) is 0 Å². The van der Waals surface area contributed by atoms with E-state index < -0.39 is 5.54 Å². The van der Waals surface area contributed by atoms with E-state index in [-0.39, 0.29) is 5.91 Å². The van der Waals surface area contributed by atoms with E-state index in [0.29, 0.717) is 12.1 Å². The first-order valence-corrected chi connectivity index (χ1v) is 8.47. The molecule has 2 aliphatic rings. The average molecular weight is 296 g/mol. The highest BCUT2D eigenvalue weighted by atomic mass is 16.1. The predicted molar refractivity (Wildman–Crippen MR) is 86.1 cm³/mol. The van der Waals surface area contributed by atoms with Gasteiger partial charge in [-0.2, -0.15) is 0 Å². The van der Waals surface area contributed by atoms with Crippen LogP contribution in [-0.4, -0.2) is 66.6 Å². The van der Waals surface area contributed by atoms with Crippen LogP contribution >= 0.6 is 0 Å². The Kier molecular flexibility index (Phi) is 5.63. The van der Waals surface area contributed by atoms with Crippen LogP contribution in [0, 0.1) is 0 Å². The summed E-state index contributed by atoms with van der Waals surface area (Å²) in [6, 6.07) is 1.08. The van der Waals surface area contributed by atoms with Crippen molar-refractivity contribution in [2.75, 3.05) is 33.2 Å². The number of nitrogens with one attached hydrogen (secondary N) is 1. The Morgan fingerprint density at radius 3 is 2.81 bits per heavy atom. The molecule has 1 heterocycles. The second-order valence-corrected chi connectivity index (χ2v) is 6.95. The summed E-state index contributed by atoms with van der Waals surface area (Å²) in [6.45, 7) is 8.60. The van der Waals surface area contributed by atoms with Crippen molar-refractivity contribution in [3.63, 3.8) is 0 Å². The zero-order valence-electron chi connectivity index (χ0n) is 13.9. The molecule has 5 heteroatoms. The Morgan fingerprint density at radius 1 is 1.43 bits per heavy atom. The van der Waals surface area contributed by atoms with Gasteiger partial charge in [-0.3, -0.25) is 9.69 Å². The first kappa shape index (κ1) is 16.7. The fraction of sp³-hybridized carbons (Fsp3) is 0.938. The van der Waals surface area contributed by atoms with Crippen LogP contribution in [0.5, 0.6) is 0 Å². The molecule has 1 amide bonds. The van der Waals surface area contributed by atoms with E-state index in [1.54, 1.807) is 0 Å². The van der Waals surface area contributed by atoms with Crippen molar-refractivity contribution in [1.82, 2.24) is 15.1 Å². The minimum atomic E-state index is -0.481. The molecule has 0 bridgehead atoms. The van der Waals surface area contributed by atoms with E-state index >= 15 is 0 Å². The third kappa shape index (κ3) is 3.76. The van der Waals surface area contributed by atoms with Gasteiger partial charge in [-0.1, -0.05) is 6.92 Å².